The first-order chi connectivity index (χ1) is 11.6. The molecule has 0 saturated carbocycles. The fourth-order valence-corrected chi connectivity index (χ4v) is 2.98. The van der Waals surface area contributed by atoms with Gasteiger partial charge in [-0.15, -0.1) is 0 Å². The Morgan fingerprint density at radius 2 is 1.75 bits per heavy atom. The molecule has 0 aliphatic carbocycles. The molecule has 0 unspecified atom stereocenters. The van der Waals surface area contributed by atoms with E-state index in [1.54, 1.807) is 0 Å². The molecule has 1 aromatic heterocycles. The predicted octanol–water partition coefficient (Wildman–Crippen LogP) is 5.93. The molecule has 0 radical (unpaired) electrons. The van der Waals surface area contributed by atoms with Crippen molar-refractivity contribution in [2.24, 2.45) is 0 Å². The molecule has 2 aromatic carbocycles. The number of fused-ring (bicyclic) bond motifs is 1. The van der Waals surface area contributed by atoms with Gasteiger partial charge < -0.3 is 9.30 Å². The maximum atomic E-state index is 5.80. The smallest absolute Gasteiger partial charge is 0.119 e. The summed E-state index contributed by atoms with van der Waals surface area (Å²) in [5.41, 5.74) is 4.01. The Labute approximate surface area is 145 Å². The normalized spacial score (nSPS) is 11.3. The van der Waals surface area contributed by atoms with E-state index < -0.39 is 0 Å². The van der Waals surface area contributed by atoms with E-state index in [9.17, 15) is 0 Å². The zero-order valence-corrected chi connectivity index (χ0v) is 15.0. The van der Waals surface area contributed by atoms with Crippen LogP contribution in [-0.4, -0.2) is 11.2 Å². The van der Waals surface area contributed by atoms with Crippen LogP contribution >= 0.6 is 0 Å². The van der Waals surface area contributed by atoms with E-state index in [1.807, 2.05) is 12.1 Å². The van der Waals surface area contributed by atoms with Crippen molar-refractivity contribution in [3.8, 4) is 5.75 Å². The molecule has 0 N–H and O–H groups in total. The van der Waals surface area contributed by atoms with Crippen LogP contribution in [0.4, 0.5) is 0 Å². The second kappa shape index (κ2) is 7.57. The average Bonchev–Trinajstić information content (AvgIpc) is 2.98. The Balaban J connectivity index is 1.50. The molecular formula is C22H27NO. The number of ether oxygens (including phenoxy) is 1. The third-order valence-electron chi connectivity index (χ3n) is 4.54. The minimum absolute atomic E-state index is 0.580. The lowest BCUT2D eigenvalue weighted by atomic mass is 10.0. The van der Waals surface area contributed by atoms with Gasteiger partial charge in [0.05, 0.1) is 6.61 Å². The van der Waals surface area contributed by atoms with Crippen molar-refractivity contribution in [3.05, 3.63) is 65.9 Å². The van der Waals surface area contributed by atoms with E-state index in [1.165, 1.54) is 22.0 Å². The standard InChI is InChI=1S/C22H27NO/c1-17(2)19-8-11-22-20(16-19)12-14-23(22)13-4-5-15-24-21-9-6-18(3)7-10-21/h6-12,14,16-17H,4-5,13,15H2,1-3H3. The average molecular weight is 321 g/mol. The highest BCUT2D eigenvalue weighted by molar-refractivity contribution is 5.81. The van der Waals surface area contributed by atoms with Crippen molar-refractivity contribution in [3.63, 3.8) is 0 Å². The molecule has 1 heterocycles. The zero-order chi connectivity index (χ0) is 16.9. The molecule has 0 bridgehead atoms. The number of hydrogen-bond donors (Lipinski definition) is 0. The molecule has 2 heteroatoms. The lowest BCUT2D eigenvalue weighted by Gasteiger charge is -2.09. The van der Waals surface area contributed by atoms with E-state index in [2.05, 4.69) is 67.9 Å². The van der Waals surface area contributed by atoms with E-state index in [0.717, 1.165) is 31.7 Å². The highest BCUT2D eigenvalue weighted by atomic mass is 16.5. The second-order valence-electron chi connectivity index (χ2n) is 6.85. The molecule has 0 saturated heterocycles. The summed E-state index contributed by atoms with van der Waals surface area (Å²) in [5, 5.41) is 1.34. The van der Waals surface area contributed by atoms with E-state index in [-0.39, 0.29) is 0 Å². The number of unbranched alkanes of at least 4 members (excludes halogenated alkanes) is 1. The summed E-state index contributed by atoms with van der Waals surface area (Å²) in [6, 6.07) is 17.3. The summed E-state index contributed by atoms with van der Waals surface area (Å²) in [6.07, 6.45) is 4.40. The minimum Gasteiger partial charge on any atom is -0.494 e. The highest BCUT2D eigenvalue weighted by Gasteiger charge is 2.04. The summed E-state index contributed by atoms with van der Waals surface area (Å²) in [7, 11) is 0. The van der Waals surface area contributed by atoms with Crippen molar-refractivity contribution < 1.29 is 4.74 Å². The molecule has 0 spiro atoms. The number of aromatic nitrogens is 1. The summed E-state index contributed by atoms with van der Waals surface area (Å²) >= 11 is 0. The number of benzene rings is 2. The van der Waals surface area contributed by atoms with Gasteiger partial charge in [0.1, 0.15) is 5.75 Å². The fourth-order valence-electron chi connectivity index (χ4n) is 2.98. The molecule has 3 rings (SSSR count). The molecule has 0 amide bonds. The van der Waals surface area contributed by atoms with Crippen LogP contribution in [0.15, 0.2) is 54.7 Å². The van der Waals surface area contributed by atoms with Gasteiger partial charge in [0, 0.05) is 18.3 Å². The number of aryl methyl sites for hydroxylation is 2. The molecule has 24 heavy (non-hydrogen) atoms. The Morgan fingerprint density at radius 3 is 2.50 bits per heavy atom. The molecule has 2 nitrogen and oxygen atoms in total. The number of nitrogens with zero attached hydrogens (tertiary/aromatic N) is 1. The van der Waals surface area contributed by atoms with E-state index >= 15 is 0 Å². The summed E-state index contributed by atoms with van der Waals surface area (Å²) in [4.78, 5) is 0. The first kappa shape index (κ1) is 16.6. The lowest BCUT2D eigenvalue weighted by Crippen LogP contribution is -2.01. The van der Waals surface area contributed by atoms with Crippen LogP contribution in [0.1, 0.15) is 43.7 Å². The SMILES string of the molecule is Cc1ccc(OCCCCn2ccc3cc(C(C)C)ccc32)cc1. The Bertz CT molecular complexity index is 783. The topological polar surface area (TPSA) is 14.2 Å². The summed E-state index contributed by atoms with van der Waals surface area (Å²) in [6.45, 7) is 8.40. The molecule has 126 valence electrons. The van der Waals surface area contributed by atoms with Crippen LogP contribution in [0, 0.1) is 6.92 Å². The maximum absolute atomic E-state index is 5.80. The van der Waals surface area contributed by atoms with Crippen molar-refractivity contribution in [2.75, 3.05) is 6.61 Å². The van der Waals surface area contributed by atoms with Gasteiger partial charge in [0.25, 0.3) is 0 Å². The van der Waals surface area contributed by atoms with Crippen LogP contribution in [0.25, 0.3) is 10.9 Å². The minimum atomic E-state index is 0.580. The Kier molecular flexibility index (Phi) is 5.24. The van der Waals surface area contributed by atoms with Crippen LogP contribution in [-0.2, 0) is 6.54 Å². The van der Waals surface area contributed by atoms with Crippen molar-refractivity contribution in [1.29, 1.82) is 0 Å². The first-order valence-electron chi connectivity index (χ1n) is 8.92. The predicted molar refractivity (Wildman–Crippen MR) is 102 cm³/mol. The zero-order valence-electron chi connectivity index (χ0n) is 15.0. The Morgan fingerprint density at radius 1 is 0.958 bits per heavy atom. The molecule has 0 atom stereocenters. The number of rotatable bonds is 7. The summed E-state index contributed by atoms with van der Waals surface area (Å²) < 4.78 is 8.15. The van der Waals surface area contributed by atoms with Gasteiger partial charge in [-0.2, -0.15) is 0 Å². The quantitative estimate of drug-likeness (QED) is 0.492. The van der Waals surface area contributed by atoms with E-state index in [0.29, 0.717) is 5.92 Å². The van der Waals surface area contributed by atoms with Crippen LogP contribution < -0.4 is 4.74 Å². The van der Waals surface area contributed by atoms with Gasteiger partial charge in [-0.05, 0) is 67.0 Å². The first-order valence-corrected chi connectivity index (χ1v) is 8.92. The monoisotopic (exact) mass is 321 g/mol. The van der Waals surface area contributed by atoms with Crippen molar-refractivity contribution in [1.82, 2.24) is 4.57 Å². The van der Waals surface area contributed by atoms with Crippen molar-refractivity contribution in [2.45, 2.75) is 46.1 Å². The second-order valence-corrected chi connectivity index (χ2v) is 6.85. The van der Waals surface area contributed by atoms with Gasteiger partial charge in [-0.3, -0.25) is 0 Å². The van der Waals surface area contributed by atoms with Gasteiger partial charge in [0.15, 0.2) is 0 Å². The third-order valence-corrected chi connectivity index (χ3v) is 4.54. The van der Waals surface area contributed by atoms with Crippen molar-refractivity contribution >= 4 is 10.9 Å². The largest absolute Gasteiger partial charge is 0.494 e. The summed E-state index contributed by atoms with van der Waals surface area (Å²) in [5.74, 6) is 1.55. The highest BCUT2D eigenvalue weighted by Crippen LogP contribution is 2.22. The molecule has 0 aliphatic heterocycles. The fraction of sp³-hybridized carbons (Fsp3) is 0.364. The number of hydrogen-bond acceptors (Lipinski definition) is 1. The lowest BCUT2D eigenvalue weighted by molar-refractivity contribution is 0.303. The Hall–Kier alpha value is -2.22. The van der Waals surface area contributed by atoms with Gasteiger partial charge in [-0.1, -0.05) is 37.6 Å². The van der Waals surface area contributed by atoms with Gasteiger partial charge in [0.2, 0.25) is 0 Å². The maximum Gasteiger partial charge on any atom is 0.119 e. The van der Waals surface area contributed by atoms with Crippen LogP contribution in [0.5, 0.6) is 5.75 Å². The molecule has 0 fully saturated rings. The van der Waals surface area contributed by atoms with Crippen LogP contribution in [0.3, 0.4) is 0 Å². The third kappa shape index (κ3) is 4.00. The van der Waals surface area contributed by atoms with Gasteiger partial charge >= 0.3 is 0 Å². The van der Waals surface area contributed by atoms with Gasteiger partial charge in [-0.25, -0.2) is 0 Å². The van der Waals surface area contributed by atoms with Crippen LogP contribution in [0.2, 0.25) is 0 Å². The molecule has 0 aliphatic rings. The molecular weight excluding hydrogens is 294 g/mol. The molecule has 3 aromatic rings. The van der Waals surface area contributed by atoms with E-state index in [4.69, 9.17) is 4.74 Å².